The Morgan fingerprint density at radius 3 is 2.33 bits per heavy atom. The van der Waals surface area contributed by atoms with Crippen LogP contribution >= 0.6 is 0 Å². The van der Waals surface area contributed by atoms with Crippen LogP contribution in [0, 0.1) is 6.92 Å². The molecule has 8 nitrogen and oxygen atoms in total. The Kier molecular flexibility index (Phi) is 9.43. The lowest BCUT2D eigenvalue weighted by atomic mass is 10.1. The first-order valence-electron chi connectivity index (χ1n) is 10.9. The molecule has 1 N–H and O–H groups in total. The summed E-state index contributed by atoms with van der Waals surface area (Å²) in [6.45, 7) is 5.67. The van der Waals surface area contributed by atoms with Crippen LogP contribution in [0.3, 0.4) is 0 Å². The number of ether oxygens (including phenoxy) is 1. The minimum Gasteiger partial charge on any atom is -0.497 e. The molecule has 0 fully saturated rings. The molecule has 0 radical (unpaired) electrons. The van der Waals surface area contributed by atoms with Gasteiger partial charge in [0.2, 0.25) is 21.8 Å². The van der Waals surface area contributed by atoms with Crippen LogP contribution in [0.15, 0.2) is 53.4 Å². The number of benzene rings is 2. The average Bonchev–Trinajstić information content (AvgIpc) is 2.79. The van der Waals surface area contributed by atoms with Crippen molar-refractivity contribution < 1.29 is 22.7 Å². The normalized spacial score (nSPS) is 12.3. The van der Waals surface area contributed by atoms with E-state index in [-0.39, 0.29) is 17.3 Å². The van der Waals surface area contributed by atoms with Gasteiger partial charge in [-0.3, -0.25) is 9.59 Å². The molecular formula is C24H33N3O5S. The summed E-state index contributed by atoms with van der Waals surface area (Å²) in [5.41, 5.74) is 1.71. The molecule has 0 bridgehead atoms. The summed E-state index contributed by atoms with van der Waals surface area (Å²) in [4.78, 5) is 27.6. The summed E-state index contributed by atoms with van der Waals surface area (Å²) in [6.07, 6.45) is 0.385. The Morgan fingerprint density at radius 2 is 1.76 bits per heavy atom. The highest BCUT2D eigenvalue weighted by Crippen LogP contribution is 2.19. The first-order valence-corrected chi connectivity index (χ1v) is 12.3. The van der Waals surface area contributed by atoms with Gasteiger partial charge in [0.1, 0.15) is 11.8 Å². The molecule has 0 aliphatic rings. The Labute approximate surface area is 196 Å². The summed E-state index contributed by atoms with van der Waals surface area (Å²) >= 11 is 0. The van der Waals surface area contributed by atoms with Gasteiger partial charge in [-0.1, -0.05) is 36.8 Å². The number of nitrogens with one attached hydrogen (secondary N) is 1. The highest BCUT2D eigenvalue weighted by atomic mass is 32.2. The van der Waals surface area contributed by atoms with Crippen molar-refractivity contribution in [1.29, 1.82) is 0 Å². The molecule has 0 spiro atoms. The largest absolute Gasteiger partial charge is 0.497 e. The van der Waals surface area contributed by atoms with E-state index in [0.717, 1.165) is 15.4 Å². The Morgan fingerprint density at radius 1 is 1.09 bits per heavy atom. The van der Waals surface area contributed by atoms with E-state index in [1.54, 1.807) is 44.4 Å². The second kappa shape index (κ2) is 11.8. The van der Waals surface area contributed by atoms with Crippen molar-refractivity contribution in [3.05, 3.63) is 59.7 Å². The van der Waals surface area contributed by atoms with Crippen molar-refractivity contribution >= 4 is 21.8 Å². The Balaban J connectivity index is 2.33. The fraction of sp³-hybridized carbons (Fsp3) is 0.417. The third-order valence-corrected chi connectivity index (χ3v) is 7.13. The van der Waals surface area contributed by atoms with Gasteiger partial charge >= 0.3 is 0 Å². The number of rotatable bonds is 11. The van der Waals surface area contributed by atoms with E-state index in [4.69, 9.17) is 4.74 Å². The fourth-order valence-corrected chi connectivity index (χ4v) is 4.56. The summed E-state index contributed by atoms with van der Waals surface area (Å²) in [7, 11) is -0.948. The minimum atomic E-state index is -3.87. The average molecular weight is 476 g/mol. The monoisotopic (exact) mass is 475 g/mol. The van der Waals surface area contributed by atoms with Crippen molar-refractivity contribution in [1.82, 2.24) is 14.5 Å². The van der Waals surface area contributed by atoms with Gasteiger partial charge in [0.05, 0.1) is 18.6 Å². The van der Waals surface area contributed by atoms with E-state index in [9.17, 15) is 18.0 Å². The third kappa shape index (κ3) is 6.79. The summed E-state index contributed by atoms with van der Waals surface area (Å²) in [5.74, 6) is -0.112. The van der Waals surface area contributed by atoms with E-state index >= 15 is 0 Å². The van der Waals surface area contributed by atoms with Crippen LogP contribution in [0.2, 0.25) is 0 Å². The van der Waals surface area contributed by atoms with E-state index in [1.807, 2.05) is 19.9 Å². The van der Waals surface area contributed by atoms with Crippen LogP contribution in [-0.2, 0) is 26.2 Å². The molecule has 1 unspecified atom stereocenters. The number of amides is 2. The molecule has 0 heterocycles. The Bertz CT molecular complexity index is 1050. The number of methoxy groups -OCH3 is 1. The van der Waals surface area contributed by atoms with Crippen molar-refractivity contribution in [2.45, 2.75) is 44.7 Å². The van der Waals surface area contributed by atoms with Crippen LogP contribution in [0.25, 0.3) is 0 Å². The Hall–Kier alpha value is -2.91. The number of carbonyl (C=O) groups excluding carboxylic acids is 2. The highest BCUT2D eigenvalue weighted by Gasteiger charge is 2.31. The number of hydrogen-bond donors (Lipinski definition) is 1. The quantitative estimate of drug-likeness (QED) is 0.539. The summed E-state index contributed by atoms with van der Waals surface area (Å²) in [6, 6.07) is 12.9. The van der Waals surface area contributed by atoms with Crippen LogP contribution in [-0.4, -0.2) is 62.7 Å². The molecule has 9 heteroatoms. The second-order valence-electron chi connectivity index (χ2n) is 7.77. The number of aryl methyl sites for hydroxylation is 1. The SMILES string of the molecule is CCNC(=O)C(CC)N(Cc1cccc(OC)c1)C(=O)CN(C)S(=O)(=O)c1ccc(C)cc1. The molecule has 2 rings (SSSR count). The minimum absolute atomic E-state index is 0.110. The molecule has 0 aliphatic heterocycles. The van der Waals surface area contributed by atoms with E-state index < -0.39 is 28.5 Å². The molecule has 0 aliphatic carbocycles. The smallest absolute Gasteiger partial charge is 0.243 e. The third-order valence-electron chi connectivity index (χ3n) is 5.31. The van der Waals surface area contributed by atoms with Crippen LogP contribution in [0.4, 0.5) is 0 Å². The summed E-state index contributed by atoms with van der Waals surface area (Å²) in [5, 5.41) is 2.77. The first-order chi connectivity index (χ1) is 15.6. The molecule has 0 saturated carbocycles. The first kappa shape index (κ1) is 26.3. The van der Waals surface area contributed by atoms with Crippen molar-refractivity contribution in [2.75, 3.05) is 27.2 Å². The van der Waals surface area contributed by atoms with Gasteiger partial charge in [-0.15, -0.1) is 0 Å². The van der Waals surface area contributed by atoms with Gasteiger partial charge in [0, 0.05) is 20.1 Å². The molecule has 1 atom stereocenters. The second-order valence-corrected chi connectivity index (χ2v) is 9.81. The van der Waals surface area contributed by atoms with Gasteiger partial charge in [-0.2, -0.15) is 4.31 Å². The van der Waals surface area contributed by atoms with Crippen LogP contribution < -0.4 is 10.1 Å². The molecule has 33 heavy (non-hydrogen) atoms. The number of hydrogen-bond acceptors (Lipinski definition) is 5. The van der Waals surface area contributed by atoms with Crippen LogP contribution in [0.5, 0.6) is 5.75 Å². The lowest BCUT2D eigenvalue weighted by molar-refractivity contribution is -0.141. The van der Waals surface area contributed by atoms with Gasteiger partial charge in [-0.05, 0) is 50.1 Å². The van der Waals surface area contributed by atoms with Gasteiger partial charge < -0.3 is 15.0 Å². The van der Waals surface area contributed by atoms with Crippen molar-refractivity contribution in [2.24, 2.45) is 0 Å². The van der Waals surface area contributed by atoms with Gasteiger partial charge in [-0.25, -0.2) is 8.42 Å². The highest BCUT2D eigenvalue weighted by molar-refractivity contribution is 7.89. The maximum atomic E-state index is 13.4. The molecule has 2 amide bonds. The summed E-state index contributed by atoms with van der Waals surface area (Å²) < 4.78 is 32.2. The molecule has 0 saturated heterocycles. The zero-order valence-corrected chi connectivity index (χ0v) is 20.7. The number of likely N-dealkylation sites (N-methyl/N-ethyl adjacent to an activating group) is 2. The zero-order chi connectivity index (χ0) is 24.6. The number of nitrogens with zero attached hydrogens (tertiary/aromatic N) is 2. The lowest BCUT2D eigenvalue weighted by Crippen LogP contribution is -2.51. The van der Waals surface area contributed by atoms with E-state index in [1.165, 1.54) is 24.1 Å². The maximum Gasteiger partial charge on any atom is 0.243 e. The predicted molar refractivity (Wildman–Crippen MR) is 127 cm³/mol. The number of carbonyl (C=O) groups is 2. The molecule has 0 aromatic heterocycles. The lowest BCUT2D eigenvalue weighted by Gasteiger charge is -2.32. The zero-order valence-electron chi connectivity index (χ0n) is 19.9. The standard InChI is InChI=1S/C24H33N3O5S/c1-6-22(24(29)25-7-2)27(16-19-9-8-10-20(15-19)32-5)23(28)17-26(4)33(30,31)21-13-11-18(3)12-14-21/h8-15,22H,6-7,16-17H2,1-5H3,(H,25,29). The van der Waals surface area contributed by atoms with Gasteiger partial charge in [0.25, 0.3) is 0 Å². The van der Waals surface area contributed by atoms with Crippen molar-refractivity contribution in [3.63, 3.8) is 0 Å². The fourth-order valence-electron chi connectivity index (χ4n) is 3.44. The van der Waals surface area contributed by atoms with Crippen LogP contribution in [0.1, 0.15) is 31.4 Å². The molecule has 180 valence electrons. The molecular weight excluding hydrogens is 442 g/mol. The predicted octanol–water partition coefficient (Wildman–Crippen LogP) is 2.57. The van der Waals surface area contributed by atoms with Crippen molar-refractivity contribution in [3.8, 4) is 5.75 Å². The van der Waals surface area contributed by atoms with Gasteiger partial charge in [0.15, 0.2) is 0 Å². The van der Waals surface area contributed by atoms with E-state index in [0.29, 0.717) is 18.7 Å². The van der Waals surface area contributed by atoms with E-state index in [2.05, 4.69) is 5.32 Å². The molecule has 2 aromatic carbocycles. The number of sulfonamides is 1. The maximum absolute atomic E-state index is 13.4. The topological polar surface area (TPSA) is 96.0 Å². The molecule has 2 aromatic rings.